The summed E-state index contributed by atoms with van der Waals surface area (Å²) in [5, 5.41) is 4.53. The van der Waals surface area contributed by atoms with Gasteiger partial charge in [0.1, 0.15) is 0 Å². The van der Waals surface area contributed by atoms with Crippen LogP contribution < -0.4 is 5.32 Å². The van der Waals surface area contributed by atoms with Gasteiger partial charge in [-0.05, 0) is 56.8 Å². The zero-order valence-electron chi connectivity index (χ0n) is 11.6. The molecule has 19 heavy (non-hydrogen) atoms. The van der Waals surface area contributed by atoms with Crippen LogP contribution in [0.15, 0.2) is 24.3 Å². The van der Waals surface area contributed by atoms with Gasteiger partial charge >= 0.3 is 0 Å². The highest BCUT2D eigenvalue weighted by molar-refractivity contribution is 6.30. The lowest BCUT2D eigenvalue weighted by molar-refractivity contribution is 0.255. The molecular formula is C16H23ClN2. The molecule has 1 saturated heterocycles. The fourth-order valence-corrected chi connectivity index (χ4v) is 3.32. The molecule has 0 amide bonds. The van der Waals surface area contributed by atoms with Gasteiger partial charge in [-0.15, -0.1) is 0 Å². The molecule has 1 heterocycles. The van der Waals surface area contributed by atoms with Gasteiger partial charge in [0.2, 0.25) is 0 Å². The lowest BCUT2D eigenvalue weighted by Crippen LogP contribution is -2.35. The predicted octanol–water partition coefficient (Wildman–Crippen LogP) is 3.10. The maximum absolute atomic E-state index is 5.90. The Bertz CT molecular complexity index is 413. The molecule has 1 aliphatic carbocycles. The minimum atomic E-state index is 0.683. The normalized spacial score (nSPS) is 27.9. The first-order valence-electron chi connectivity index (χ1n) is 7.46. The summed E-state index contributed by atoms with van der Waals surface area (Å²) in [7, 11) is 0. The second kappa shape index (κ2) is 5.82. The lowest BCUT2D eigenvalue weighted by Gasteiger charge is -2.19. The number of likely N-dealkylation sites (tertiary alicyclic amines) is 1. The molecule has 2 aliphatic rings. The molecule has 104 valence electrons. The average Bonchev–Trinajstić information content (AvgIpc) is 3.17. The van der Waals surface area contributed by atoms with Gasteiger partial charge in [-0.25, -0.2) is 0 Å². The number of nitrogens with zero attached hydrogens (tertiary/aromatic N) is 1. The zero-order chi connectivity index (χ0) is 13.2. The lowest BCUT2D eigenvalue weighted by atomic mass is 10.1. The van der Waals surface area contributed by atoms with E-state index in [1.54, 1.807) is 0 Å². The van der Waals surface area contributed by atoms with E-state index in [2.05, 4.69) is 29.3 Å². The van der Waals surface area contributed by atoms with Gasteiger partial charge in [-0.1, -0.05) is 23.7 Å². The van der Waals surface area contributed by atoms with E-state index in [4.69, 9.17) is 11.6 Å². The van der Waals surface area contributed by atoms with E-state index in [1.807, 2.05) is 12.1 Å². The fraction of sp³-hybridized carbons (Fsp3) is 0.625. The molecule has 2 unspecified atom stereocenters. The quantitative estimate of drug-likeness (QED) is 0.890. The number of benzene rings is 1. The molecule has 0 bridgehead atoms. The van der Waals surface area contributed by atoms with Crippen LogP contribution in [-0.2, 0) is 6.42 Å². The summed E-state index contributed by atoms with van der Waals surface area (Å²) < 4.78 is 0. The summed E-state index contributed by atoms with van der Waals surface area (Å²) >= 11 is 5.90. The van der Waals surface area contributed by atoms with Crippen LogP contribution in [0.25, 0.3) is 0 Å². The number of hydrogen-bond acceptors (Lipinski definition) is 2. The van der Waals surface area contributed by atoms with Crippen molar-refractivity contribution in [2.45, 2.75) is 50.7 Å². The van der Waals surface area contributed by atoms with Crippen molar-refractivity contribution in [3.63, 3.8) is 0 Å². The maximum Gasteiger partial charge on any atom is 0.0406 e. The van der Waals surface area contributed by atoms with Crippen molar-refractivity contribution in [2.24, 2.45) is 0 Å². The van der Waals surface area contributed by atoms with E-state index in [0.29, 0.717) is 6.04 Å². The molecular weight excluding hydrogens is 256 g/mol. The third-order valence-electron chi connectivity index (χ3n) is 4.40. The Morgan fingerprint density at radius 2 is 2.00 bits per heavy atom. The van der Waals surface area contributed by atoms with Crippen molar-refractivity contribution in [3.05, 3.63) is 34.9 Å². The second-order valence-corrected chi connectivity index (χ2v) is 6.48. The van der Waals surface area contributed by atoms with E-state index in [1.165, 1.54) is 31.4 Å². The molecule has 2 fully saturated rings. The Hall–Kier alpha value is -0.570. The molecule has 3 rings (SSSR count). The van der Waals surface area contributed by atoms with Crippen molar-refractivity contribution >= 4 is 11.6 Å². The Balaban J connectivity index is 1.42. The van der Waals surface area contributed by atoms with E-state index in [-0.39, 0.29) is 0 Å². The van der Waals surface area contributed by atoms with Gasteiger partial charge in [0.05, 0.1) is 0 Å². The zero-order valence-corrected chi connectivity index (χ0v) is 12.4. The molecule has 2 atom stereocenters. The third-order valence-corrected chi connectivity index (χ3v) is 4.65. The van der Waals surface area contributed by atoms with E-state index in [9.17, 15) is 0 Å². The summed E-state index contributed by atoms with van der Waals surface area (Å²) in [6, 6.07) is 10.5. The Kier molecular flexibility index (Phi) is 4.11. The first-order valence-corrected chi connectivity index (χ1v) is 7.84. The molecule has 1 aromatic carbocycles. The minimum Gasteiger partial charge on any atom is -0.312 e. The first kappa shape index (κ1) is 13.4. The minimum absolute atomic E-state index is 0.683. The average molecular weight is 279 g/mol. The van der Waals surface area contributed by atoms with Crippen LogP contribution in [0.1, 0.15) is 31.7 Å². The van der Waals surface area contributed by atoms with Crippen LogP contribution in [0.5, 0.6) is 0 Å². The van der Waals surface area contributed by atoms with Crippen molar-refractivity contribution in [2.75, 3.05) is 13.1 Å². The van der Waals surface area contributed by atoms with Gasteiger partial charge in [0.25, 0.3) is 0 Å². The number of rotatable bonds is 5. The van der Waals surface area contributed by atoms with E-state index < -0.39 is 0 Å². The van der Waals surface area contributed by atoms with Crippen LogP contribution in [0.4, 0.5) is 0 Å². The standard InChI is InChI=1S/C16H23ClN2/c1-12-10-15(11-19(12)16-6-7-16)18-9-8-13-2-4-14(17)5-3-13/h2-5,12,15-16,18H,6-11H2,1H3. The van der Waals surface area contributed by atoms with Gasteiger partial charge < -0.3 is 5.32 Å². The van der Waals surface area contributed by atoms with Crippen LogP contribution in [0.2, 0.25) is 5.02 Å². The molecule has 0 aromatic heterocycles. The van der Waals surface area contributed by atoms with Crippen LogP contribution in [-0.4, -0.2) is 36.1 Å². The van der Waals surface area contributed by atoms with Crippen molar-refractivity contribution in [1.82, 2.24) is 10.2 Å². The van der Waals surface area contributed by atoms with E-state index >= 15 is 0 Å². The highest BCUT2D eigenvalue weighted by Crippen LogP contribution is 2.33. The summed E-state index contributed by atoms with van der Waals surface area (Å²) in [5.41, 5.74) is 1.36. The van der Waals surface area contributed by atoms with Gasteiger partial charge in [0, 0.05) is 29.7 Å². The summed E-state index contributed by atoms with van der Waals surface area (Å²) in [5.74, 6) is 0. The fourth-order valence-electron chi connectivity index (χ4n) is 3.19. The third kappa shape index (κ3) is 3.50. The Morgan fingerprint density at radius 3 is 2.68 bits per heavy atom. The molecule has 2 nitrogen and oxygen atoms in total. The molecule has 3 heteroatoms. The Labute approximate surface area is 121 Å². The smallest absolute Gasteiger partial charge is 0.0406 e. The predicted molar refractivity (Wildman–Crippen MR) is 80.8 cm³/mol. The molecule has 1 N–H and O–H groups in total. The van der Waals surface area contributed by atoms with E-state index in [0.717, 1.165) is 30.1 Å². The maximum atomic E-state index is 5.90. The van der Waals surface area contributed by atoms with Crippen molar-refractivity contribution < 1.29 is 0 Å². The Morgan fingerprint density at radius 1 is 1.26 bits per heavy atom. The largest absolute Gasteiger partial charge is 0.312 e. The molecule has 1 aliphatic heterocycles. The summed E-state index contributed by atoms with van der Waals surface area (Å²) in [6.07, 6.45) is 5.23. The molecule has 1 aromatic rings. The SMILES string of the molecule is CC1CC(NCCc2ccc(Cl)cc2)CN1C1CC1. The highest BCUT2D eigenvalue weighted by Gasteiger charge is 2.38. The number of hydrogen-bond donors (Lipinski definition) is 1. The van der Waals surface area contributed by atoms with Crippen LogP contribution >= 0.6 is 11.6 Å². The summed E-state index contributed by atoms with van der Waals surface area (Å²) in [6.45, 7) is 4.68. The van der Waals surface area contributed by atoms with Gasteiger partial charge in [0.15, 0.2) is 0 Å². The van der Waals surface area contributed by atoms with Gasteiger partial charge in [-0.2, -0.15) is 0 Å². The summed E-state index contributed by atoms with van der Waals surface area (Å²) in [4.78, 5) is 2.69. The number of halogens is 1. The highest BCUT2D eigenvalue weighted by atomic mass is 35.5. The van der Waals surface area contributed by atoms with Crippen molar-refractivity contribution in [3.8, 4) is 0 Å². The molecule has 0 spiro atoms. The second-order valence-electron chi connectivity index (χ2n) is 6.04. The van der Waals surface area contributed by atoms with Crippen LogP contribution in [0.3, 0.4) is 0 Å². The van der Waals surface area contributed by atoms with Crippen molar-refractivity contribution in [1.29, 1.82) is 0 Å². The number of nitrogens with one attached hydrogen (secondary N) is 1. The molecule has 1 saturated carbocycles. The monoisotopic (exact) mass is 278 g/mol. The molecule has 0 radical (unpaired) electrons. The first-order chi connectivity index (χ1) is 9.22. The topological polar surface area (TPSA) is 15.3 Å². The van der Waals surface area contributed by atoms with Gasteiger partial charge in [-0.3, -0.25) is 4.90 Å². The van der Waals surface area contributed by atoms with Crippen LogP contribution in [0, 0.1) is 0 Å².